The van der Waals surface area contributed by atoms with Gasteiger partial charge in [0.15, 0.2) is 17.2 Å². The quantitative estimate of drug-likeness (QED) is 0.235. The monoisotopic (exact) mass is 636 g/mol. The largest absolute Gasteiger partial charge is 0.494 e. The number of thiophene rings is 1. The molecule has 12 nitrogen and oxygen atoms in total. The van der Waals surface area contributed by atoms with E-state index in [1.54, 1.807) is 61.2 Å². The van der Waals surface area contributed by atoms with Gasteiger partial charge in [-0.15, -0.1) is 16.4 Å². The van der Waals surface area contributed by atoms with Crippen molar-refractivity contribution in [2.45, 2.75) is 25.8 Å². The predicted octanol–water partition coefficient (Wildman–Crippen LogP) is 4.85. The number of rotatable bonds is 9. The summed E-state index contributed by atoms with van der Waals surface area (Å²) < 4.78 is 7.56. The number of methoxy groups -OCH3 is 1. The highest BCUT2D eigenvalue weighted by atomic mass is 32.1. The summed E-state index contributed by atoms with van der Waals surface area (Å²) in [6, 6.07) is 15.0. The Morgan fingerprint density at radius 1 is 1.11 bits per heavy atom. The van der Waals surface area contributed by atoms with Gasteiger partial charge in [-0.3, -0.25) is 14.4 Å². The molecule has 1 aliphatic heterocycles. The van der Waals surface area contributed by atoms with Crippen LogP contribution in [0.1, 0.15) is 44.3 Å². The molecule has 0 saturated heterocycles. The normalized spacial score (nSPS) is 14.2. The first kappa shape index (κ1) is 29.4. The summed E-state index contributed by atoms with van der Waals surface area (Å²) in [5, 5.41) is 10.8. The first-order valence-corrected chi connectivity index (χ1v) is 15.8. The lowest BCUT2D eigenvalue weighted by Gasteiger charge is -2.26. The molecule has 2 N–H and O–H groups in total. The van der Waals surface area contributed by atoms with Crippen molar-refractivity contribution in [3.8, 4) is 16.2 Å². The van der Waals surface area contributed by atoms with Crippen LogP contribution in [0.15, 0.2) is 60.9 Å². The summed E-state index contributed by atoms with van der Waals surface area (Å²) in [7, 11) is 4.99. The first-order valence-electron chi connectivity index (χ1n) is 15.0. The minimum atomic E-state index is -0.179. The van der Waals surface area contributed by atoms with Crippen molar-refractivity contribution < 1.29 is 19.1 Å². The summed E-state index contributed by atoms with van der Waals surface area (Å²) >= 11 is 1.44. The number of nitrogens with zero attached hydrogens (tertiary/aromatic N) is 6. The van der Waals surface area contributed by atoms with Crippen LogP contribution in [0.2, 0.25) is 0 Å². The summed E-state index contributed by atoms with van der Waals surface area (Å²) in [6.45, 7) is 0.871. The maximum Gasteiger partial charge on any atom is 0.271 e. The summed E-state index contributed by atoms with van der Waals surface area (Å²) in [5.74, 6) is 0.821. The van der Waals surface area contributed by atoms with Crippen molar-refractivity contribution in [2.24, 2.45) is 5.92 Å². The van der Waals surface area contributed by atoms with Crippen LogP contribution in [0.4, 0.5) is 17.2 Å². The number of hydrogen-bond donors (Lipinski definition) is 2. The van der Waals surface area contributed by atoms with Crippen molar-refractivity contribution in [1.82, 2.24) is 29.4 Å². The fourth-order valence-corrected chi connectivity index (χ4v) is 6.73. The SMILES string of the molecule is COc1c(Nc2cc(NC(=O)C3CC3)nn3ccnc23)cccc1-c1cc2c(s1)C(=O)N(Cc1cccc(C(=O)N(C)C)n1)CC2. The fourth-order valence-electron chi connectivity index (χ4n) is 5.53. The minimum absolute atomic E-state index is 0.0310. The predicted molar refractivity (Wildman–Crippen MR) is 175 cm³/mol. The molecule has 1 aromatic carbocycles. The third-order valence-corrected chi connectivity index (χ3v) is 9.24. The smallest absolute Gasteiger partial charge is 0.271 e. The highest BCUT2D eigenvalue weighted by Gasteiger charge is 2.31. The summed E-state index contributed by atoms with van der Waals surface area (Å²) in [6.07, 6.45) is 5.88. The summed E-state index contributed by atoms with van der Waals surface area (Å²) in [4.78, 5) is 52.3. The van der Waals surface area contributed by atoms with Crippen LogP contribution in [0.5, 0.6) is 5.75 Å². The molecule has 5 heterocycles. The second-order valence-corrected chi connectivity index (χ2v) is 12.6. The minimum Gasteiger partial charge on any atom is -0.494 e. The van der Waals surface area contributed by atoms with Crippen LogP contribution in [0, 0.1) is 5.92 Å². The number of aromatic nitrogens is 4. The lowest BCUT2D eigenvalue weighted by Crippen LogP contribution is -2.36. The Labute approximate surface area is 269 Å². The van der Waals surface area contributed by atoms with Gasteiger partial charge in [0.25, 0.3) is 11.8 Å². The molecule has 0 atom stereocenters. The molecule has 13 heteroatoms. The number of carbonyl (C=O) groups excluding carboxylic acids is 3. The van der Waals surface area contributed by atoms with Gasteiger partial charge < -0.3 is 25.2 Å². The van der Waals surface area contributed by atoms with Crippen molar-refractivity contribution in [2.75, 3.05) is 38.4 Å². The number of para-hydroxylation sites is 1. The number of carbonyl (C=O) groups is 3. The van der Waals surface area contributed by atoms with Crippen molar-refractivity contribution >= 4 is 51.9 Å². The Morgan fingerprint density at radius 3 is 2.72 bits per heavy atom. The van der Waals surface area contributed by atoms with Crippen molar-refractivity contribution in [3.05, 3.63) is 82.8 Å². The van der Waals surface area contributed by atoms with Gasteiger partial charge in [-0.2, -0.15) is 0 Å². The Morgan fingerprint density at radius 2 is 1.93 bits per heavy atom. The van der Waals surface area contributed by atoms with Gasteiger partial charge in [0.2, 0.25) is 5.91 Å². The molecule has 0 unspecified atom stereocenters. The maximum atomic E-state index is 13.7. The molecule has 1 saturated carbocycles. The Kier molecular flexibility index (Phi) is 7.61. The number of ether oxygens (including phenoxy) is 1. The first-order chi connectivity index (χ1) is 22.3. The molecule has 1 aliphatic carbocycles. The van der Waals surface area contributed by atoms with Crippen LogP contribution in [-0.4, -0.2) is 74.9 Å². The van der Waals surface area contributed by atoms with Gasteiger partial charge >= 0.3 is 0 Å². The van der Waals surface area contributed by atoms with E-state index in [0.717, 1.165) is 28.8 Å². The molecule has 0 radical (unpaired) electrons. The van der Waals surface area contributed by atoms with Gasteiger partial charge in [0, 0.05) is 55.5 Å². The molecule has 3 amide bonds. The zero-order valence-corrected chi connectivity index (χ0v) is 26.4. The molecule has 1 fully saturated rings. The fraction of sp³-hybridized carbons (Fsp3) is 0.273. The molecular weight excluding hydrogens is 604 g/mol. The molecule has 46 heavy (non-hydrogen) atoms. The summed E-state index contributed by atoms with van der Waals surface area (Å²) in [5.41, 5.74) is 4.82. The Balaban J connectivity index is 1.15. The second kappa shape index (κ2) is 11.9. The molecule has 0 bridgehead atoms. The number of benzene rings is 1. The van der Waals surface area contributed by atoms with Gasteiger partial charge in [0.05, 0.1) is 35.6 Å². The van der Waals surface area contributed by atoms with Crippen molar-refractivity contribution in [1.29, 1.82) is 0 Å². The maximum absolute atomic E-state index is 13.7. The van der Waals surface area contributed by atoms with Gasteiger partial charge in [0.1, 0.15) is 5.69 Å². The average molecular weight is 637 g/mol. The van der Waals surface area contributed by atoms with Crippen molar-refractivity contribution in [3.63, 3.8) is 0 Å². The highest BCUT2D eigenvalue weighted by Crippen LogP contribution is 2.43. The van der Waals surface area contributed by atoms with Crippen LogP contribution >= 0.6 is 11.3 Å². The van der Waals surface area contributed by atoms with E-state index in [1.807, 2.05) is 24.3 Å². The molecule has 7 rings (SSSR count). The van der Waals surface area contributed by atoms with E-state index < -0.39 is 0 Å². The van der Waals surface area contributed by atoms with Crippen LogP contribution in [-0.2, 0) is 17.8 Å². The van der Waals surface area contributed by atoms with Gasteiger partial charge in [-0.25, -0.2) is 14.5 Å². The molecule has 5 aromatic rings. The lowest BCUT2D eigenvalue weighted by molar-refractivity contribution is -0.117. The van der Waals surface area contributed by atoms with Gasteiger partial charge in [-0.05, 0) is 55.2 Å². The zero-order valence-electron chi connectivity index (χ0n) is 25.6. The average Bonchev–Trinajstić information content (AvgIpc) is 3.64. The van der Waals surface area contributed by atoms with E-state index in [0.29, 0.717) is 64.4 Å². The number of nitrogens with one attached hydrogen (secondary N) is 2. The number of pyridine rings is 1. The standard InChI is InChI=1S/C33H32N8O4S/c1-39(2)32(43)24-9-4-6-21(35-24)18-40-14-12-20-16-26(46-29(20)33(40)44)22-7-5-8-23(28(22)45-3)36-25-17-27(37-31(42)19-10-11-19)38-41-15-13-34-30(25)41/h4-9,13,15-17,19,36H,10-12,14,18H2,1-3H3,(H,37,38,42). The van der Waals surface area contributed by atoms with E-state index >= 15 is 0 Å². The Bertz CT molecular complexity index is 2000. The van der Waals surface area contributed by atoms with E-state index in [2.05, 4.69) is 31.8 Å². The zero-order chi connectivity index (χ0) is 31.9. The molecule has 0 spiro atoms. The third kappa shape index (κ3) is 5.65. The number of anilines is 3. The second-order valence-electron chi connectivity index (χ2n) is 11.6. The van der Waals surface area contributed by atoms with E-state index in [1.165, 1.54) is 16.2 Å². The van der Waals surface area contributed by atoms with Gasteiger partial charge in [-0.1, -0.05) is 12.1 Å². The highest BCUT2D eigenvalue weighted by molar-refractivity contribution is 7.17. The molecule has 2 aliphatic rings. The number of hydrogen-bond acceptors (Lipinski definition) is 9. The number of fused-ring (bicyclic) bond motifs is 2. The van der Waals surface area contributed by atoms with E-state index in [4.69, 9.17) is 4.74 Å². The number of amides is 3. The number of imidazole rings is 1. The molecule has 234 valence electrons. The molecule has 4 aromatic heterocycles. The third-order valence-electron chi connectivity index (χ3n) is 8.04. The van der Waals surface area contributed by atoms with Crippen LogP contribution in [0.3, 0.4) is 0 Å². The lowest BCUT2D eigenvalue weighted by atomic mass is 10.0. The van der Waals surface area contributed by atoms with E-state index in [-0.39, 0.29) is 23.6 Å². The Hall–Kier alpha value is -5.30. The molecular formula is C33H32N8O4S. The van der Waals surface area contributed by atoms with Crippen LogP contribution < -0.4 is 15.4 Å². The van der Waals surface area contributed by atoms with E-state index in [9.17, 15) is 14.4 Å². The topological polar surface area (TPSA) is 134 Å². The van der Waals surface area contributed by atoms with Crippen LogP contribution in [0.25, 0.3) is 16.1 Å².